The first-order valence-corrected chi connectivity index (χ1v) is 10.9. The minimum atomic E-state index is -0.196. The van der Waals surface area contributed by atoms with Crippen molar-refractivity contribution in [3.05, 3.63) is 83.1 Å². The van der Waals surface area contributed by atoms with Crippen LogP contribution in [0.1, 0.15) is 44.7 Å². The van der Waals surface area contributed by atoms with Gasteiger partial charge in [0.25, 0.3) is 5.91 Å². The Kier molecular flexibility index (Phi) is 5.83. The second-order valence-corrected chi connectivity index (χ2v) is 9.43. The minimum Gasteiger partial charge on any atom is -0.378 e. The van der Waals surface area contributed by atoms with Crippen LogP contribution in [-0.4, -0.2) is 36.6 Å². The molecule has 0 spiro atoms. The van der Waals surface area contributed by atoms with E-state index in [1.165, 1.54) is 10.6 Å². The lowest BCUT2D eigenvalue weighted by Gasteiger charge is -2.28. The standard InChI is InChI=1S/C27H30N4O/c1-19-15-22(18-27(2,3)17-19)29-31-25(21-9-7-6-8-10-21)28-24(26(31)32)16-20-11-13-23(14-12-20)30(4)5/h6-14,16-17H,15,18H2,1-5H3/b24-16+,29-22-. The molecule has 0 aromatic heterocycles. The molecule has 0 N–H and O–H groups in total. The van der Waals surface area contributed by atoms with Crippen molar-refractivity contribution in [2.75, 3.05) is 19.0 Å². The van der Waals surface area contributed by atoms with Crippen LogP contribution < -0.4 is 4.90 Å². The van der Waals surface area contributed by atoms with Crippen LogP contribution in [0.2, 0.25) is 0 Å². The lowest BCUT2D eigenvalue weighted by molar-refractivity contribution is -0.122. The number of aliphatic imine (C=N–C) groups is 1. The number of hydrogen-bond donors (Lipinski definition) is 0. The van der Waals surface area contributed by atoms with Gasteiger partial charge < -0.3 is 4.90 Å². The van der Waals surface area contributed by atoms with E-state index in [9.17, 15) is 4.79 Å². The molecule has 0 radical (unpaired) electrons. The second kappa shape index (κ2) is 8.58. The number of anilines is 1. The number of carbonyl (C=O) groups excluding carboxylic acids is 1. The van der Waals surface area contributed by atoms with Gasteiger partial charge >= 0.3 is 0 Å². The number of benzene rings is 2. The van der Waals surface area contributed by atoms with E-state index in [0.29, 0.717) is 11.5 Å². The zero-order chi connectivity index (χ0) is 22.9. The minimum absolute atomic E-state index is 0.0286. The molecule has 164 valence electrons. The van der Waals surface area contributed by atoms with Crippen LogP contribution in [0.5, 0.6) is 0 Å². The molecular weight excluding hydrogens is 396 g/mol. The predicted octanol–water partition coefficient (Wildman–Crippen LogP) is 5.50. The summed E-state index contributed by atoms with van der Waals surface area (Å²) >= 11 is 0. The van der Waals surface area contributed by atoms with E-state index in [0.717, 1.165) is 35.4 Å². The summed E-state index contributed by atoms with van der Waals surface area (Å²) in [6, 6.07) is 17.8. The van der Waals surface area contributed by atoms with Crippen LogP contribution in [0.25, 0.3) is 6.08 Å². The molecule has 5 nitrogen and oxygen atoms in total. The molecule has 2 aromatic rings. The quantitative estimate of drug-likeness (QED) is 0.478. The highest BCUT2D eigenvalue weighted by atomic mass is 16.2. The number of nitrogens with zero attached hydrogens (tertiary/aromatic N) is 4. The third-order valence-electron chi connectivity index (χ3n) is 5.60. The SMILES string of the molecule is CC1=CC(C)(C)C/C(=N\N2C(=O)/C(=C\c3ccc(N(C)C)cc3)N=C2c2ccccc2)C1. The first-order valence-electron chi connectivity index (χ1n) is 10.9. The van der Waals surface area contributed by atoms with Crippen molar-refractivity contribution in [1.29, 1.82) is 0 Å². The van der Waals surface area contributed by atoms with Crippen molar-refractivity contribution < 1.29 is 4.79 Å². The lowest BCUT2D eigenvalue weighted by Crippen LogP contribution is -2.31. The molecule has 0 saturated heterocycles. The van der Waals surface area contributed by atoms with E-state index in [4.69, 9.17) is 10.1 Å². The van der Waals surface area contributed by atoms with Gasteiger partial charge in [-0.3, -0.25) is 4.79 Å². The number of allylic oxidation sites excluding steroid dienone is 2. The molecule has 0 fully saturated rings. The molecular formula is C27H30N4O. The molecule has 1 aliphatic heterocycles. The maximum atomic E-state index is 13.4. The molecule has 1 heterocycles. The molecule has 2 aromatic carbocycles. The number of amides is 1. The largest absolute Gasteiger partial charge is 0.378 e. The van der Waals surface area contributed by atoms with Gasteiger partial charge in [-0.05, 0) is 42.5 Å². The van der Waals surface area contributed by atoms with Gasteiger partial charge in [-0.15, -0.1) is 0 Å². The maximum Gasteiger partial charge on any atom is 0.298 e. The Hall–Kier alpha value is -3.47. The fraction of sp³-hybridized carbons (Fsp3) is 0.296. The highest BCUT2D eigenvalue weighted by Crippen LogP contribution is 2.32. The van der Waals surface area contributed by atoms with Crippen LogP contribution in [-0.2, 0) is 4.79 Å². The Balaban J connectivity index is 1.72. The van der Waals surface area contributed by atoms with E-state index in [1.54, 1.807) is 0 Å². The van der Waals surface area contributed by atoms with Crippen molar-refractivity contribution in [3.8, 4) is 0 Å². The van der Waals surface area contributed by atoms with E-state index in [2.05, 4.69) is 26.8 Å². The highest BCUT2D eigenvalue weighted by Gasteiger charge is 2.33. The normalized spacial score (nSPS) is 20.5. The Morgan fingerprint density at radius 2 is 1.75 bits per heavy atom. The molecule has 2 aliphatic rings. The van der Waals surface area contributed by atoms with Gasteiger partial charge in [-0.2, -0.15) is 10.1 Å². The van der Waals surface area contributed by atoms with E-state index >= 15 is 0 Å². The van der Waals surface area contributed by atoms with E-state index in [-0.39, 0.29) is 11.3 Å². The third-order valence-corrected chi connectivity index (χ3v) is 5.60. The zero-order valence-corrected chi connectivity index (χ0v) is 19.5. The number of hydrogen-bond acceptors (Lipinski definition) is 4. The van der Waals surface area contributed by atoms with Crippen LogP contribution >= 0.6 is 0 Å². The van der Waals surface area contributed by atoms with Crippen LogP contribution in [0, 0.1) is 5.41 Å². The van der Waals surface area contributed by atoms with Crippen molar-refractivity contribution in [1.82, 2.24) is 5.01 Å². The summed E-state index contributed by atoms with van der Waals surface area (Å²) in [4.78, 5) is 20.2. The highest BCUT2D eigenvalue weighted by molar-refractivity contribution is 6.20. The molecule has 1 aliphatic carbocycles. The predicted molar refractivity (Wildman–Crippen MR) is 133 cm³/mol. The van der Waals surface area contributed by atoms with Gasteiger partial charge in [-0.25, -0.2) is 4.99 Å². The number of carbonyl (C=O) groups is 1. The monoisotopic (exact) mass is 426 g/mol. The molecule has 0 saturated carbocycles. The molecule has 4 rings (SSSR count). The molecule has 0 atom stereocenters. The van der Waals surface area contributed by atoms with Crippen molar-refractivity contribution in [2.24, 2.45) is 15.5 Å². The molecule has 32 heavy (non-hydrogen) atoms. The molecule has 5 heteroatoms. The average Bonchev–Trinajstić information content (AvgIpc) is 3.03. The van der Waals surface area contributed by atoms with Gasteiger partial charge in [0.05, 0.1) is 0 Å². The fourth-order valence-electron chi connectivity index (χ4n) is 4.29. The summed E-state index contributed by atoms with van der Waals surface area (Å²) < 4.78 is 0. The Morgan fingerprint density at radius 3 is 2.38 bits per heavy atom. The average molecular weight is 427 g/mol. The Morgan fingerprint density at radius 1 is 1.06 bits per heavy atom. The van der Waals surface area contributed by atoms with Crippen molar-refractivity contribution >= 4 is 29.2 Å². The summed E-state index contributed by atoms with van der Waals surface area (Å²) in [6.45, 7) is 6.52. The summed E-state index contributed by atoms with van der Waals surface area (Å²) in [5, 5.41) is 6.32. The van der Waals surface area contributed by atoms with Crippen LogP contribution in [0.15, 0.2) is 82.0 Å². The van der Waals surface area contributed by atoms with Gasteiger partial charge in [0.2, 0.25) is 0 Å². The van der Waals surface area contributed by atoms with Crippen LogP contribution in [0.3, 0.4) is 0 Å². The van der Waals surface area contributed by atoms with Crippen LogP contribution in [0.4, 0.5) is 5.69 Å². The van der Waals surface area contributed by atoms with Crippen molar-refractivity contribution in [2.45, 2.75) is 33.6 Å². The molecule has 0 bridgehead atoms. The summed E-state index contributed by atoms with van der Waals surface area (Å²) in [6.07, 6.45) is 5.73. The third kappa shape index (κ3) is 4.72. The summed E-state index contributed by atoms with van der Waals surface area (Å²) in [7, 11) is 4.01. The van der Waals surface area contributed by atoms with Gasteiger partial charge in [-0.1, -0.05) is 68.0 Å². The number of hydrazone groups is 1. The number of amidine groups is 1. The van der Waals surface area contributed by atoms with E-state index in [1.807, 2.05) is 79.7 Å². The van der Waals surface area contributed by atoms with Gasteiger partial charge in [0.1, 0.15) is 5.70 Å². The first kappa shape index (κ1) is 21.8. The van der Waals surface area contributed by atoms with E-state index < -0.39 is 0 Å². The Bertz CT molecular complexity index is 1140. The maximum absolute atomic E-state index is 13.4. The van der Waals surface area contributed by atoms with Gasteiger partial charge in [0.15, 0.2) is 5.84 Å². The molecule has 0 unspecified atom stereocenters. The Labute approximate surface area is 190 Å². The van der Waals surface area contributed by atoms with Crippen molar-refractivity contribution in [3.63, 3.8) is 0 Å². The summed E-state index contributed by atoms with van der Waals surface area (Å²) in [5.74, 6) is 0.377. The number of rotatable bonds is 4. The molecule has 1 amide bonds. The second-order valence-electron chi connectivity index (χ2n) is 9.43. The topological polar surface area (TPSA) is 48.3 Å². The summed E-state index contributed by atoms with van der Waals surface area (Å²) in [5.41, 5.74) is 5.62. The fourth-order valence-corrected chi connectivity index (χ4v) is 4.29. The van der Waals surface area contributed by atoms with Gasteiger partial charge in [0, 0.05) is 37.5 Å². The lowest BCUT2D eigenvalue weighted by atomic mass is 9.79. The smallest absolute Gasteiger partial charge is 0.298 e. The first-order chi connectivity index (χ1) is 15.2. The zero-order valence-electron chi connectivity index (χ0n) is 19.5.